The number of nitrogens with zero attached hydrogens (tertiary/aromatic N) is 4. The van der Waals surface area contributed by atoms with Crippen molar-refractivity contribution in [2.45, 2.75) is 26.2 Å². The second-order valence-corrected chi connectivity index (χ2v) is 4.72. The lowest BCUT2D eigenvalue weighted by Gasteiger charge is -2.17. The molecule has 0 atom stereocenters. The summed E-state index contributed by atoms with van der Waals surface area (Å²) in [6.07, 6.45) is 3.27. The van der Waals surface area contributed by atoms with Gasteiger partial charge in [-0.2, -0.15) is 15.0 Å². The number of nitrogens with two attached hydrogens (primary N) is 1. The standard InChI is InChI=1S/C12H21N7O/c1-2-5-14-10-16-11(15-8-9(13)20)18-12(17-10)19-6-3-4-7-19/h2-8H2,1H3,(H2,13,20)(H2,14,15,16,17,18). The van der Waals surface area contributed by atoms with Gasteiger partial charge in [0.1, 0.15) is 0 Å². The van der Waals surface area contributed by atoms with E-state index in [2.05, 4.69) is 37.4 Å². The number of carbonyl (C=O) groups is 1. The molecule has 1 aliphatic rings. The molecule has 0 aromatic carbocycles. The first kappa shape index (κ1) is 14.3. The zero-order valence-electron chi connectivity index (χ0n) is 11.7. The fraction of sp³-hybridized carbons (Fsp3) is 0.667. The molecule has 0 bridgehead atoms. The summed E-state index contributed by atoms with van der Waals surface area (Å²) in [6.45, 7) is 4.77. The van der Waals surface area contributed by atoms with Gasteiger partial charge in [-0.05, 0) is 19.3 Å². The molecule has 1 aromatic rings. The van der Waals surface area contributed by atoms with Crippen LogP contribution in [-0.4, -0.2) is 47.0 Å². The molecule has 0 aliphatic carbocycles. The third-order valence-corrected chi connectivity index (χ3v) is 2.97. The van der Waals surface area contributed by atoms with Crippen LogP contribution in [0.1, 0.15) is 26.2 Å². The maximum absolute atomic E-state index is 10.8. The van der Waals surface area contributed by atoms with Crippen molar-refractivity contribution in [3.05, 3.63) is 0 Å². The molecule has 0 radical (unpaired) electrons. The molecule has 110 valence electrons. The van der Waals surface area contributed by atoms with Gasteiger partial charge in [0.05, 0.1) is 6.54 Å². The number of anilines is 3. The molecule has 1 aliphatic heterocycles. The van der Waals surface area contributed by atoms with Gasteiger partial charge >= 0.3 is 0 Å². The molecule has 1 amide bonds. The smallest absolute Gasteiger partial charge is 0.236 e. The highest BCUT2D eigenvalue weighted by atomic mass is 16.1. The minimum atomic E-state index is -0.448. The van der Waals surface area contributed by atoms with Gasteiger partial charge in [0.2, 0.25) is 23.8 Å². The molecule has 8 nitrogen and oxygen atoms in total. The van der Waals surface area contributed by atoms with E-state index in [1.165, 1.54) is 0 Å². The normalized spacial score (nSPS) is 14.3. The van der Waals surface area contributed by atoms with Crippen LogP contribution in [0.2, 0.25) is 0 Å². The van der Waals surface area contributed by atoms with E-state index in [9.17, 15) is 4.79 Å². The van der Waals surface area contributed by atoms with Crippen LogP contribution in [0, 0.1) is 0 Å². The first-order valence-electron chi connectivity index (χ1n) is 6.96. The Bertz CT molecular complexity index is 459. The summed E-state index contributed by atoms with van der Waals surface area (Å²) in [6, 6.07) is 0. The second kappa shape index (κ2) is 6.88. The number of rotatable bonds is 7. The number of primary amides is 1. The Morgan fingerprint density at radius 3 is 2.45 bits per heavy atom. The quantitative estimate of drug-likeness (QED) is 0.653. The Kier molecular flexibility index (Phi) is 4.91. The van der Waals surface area contributed by atoms with Gasteiger partial charge in [-0.1, -0.05) is 6.92 Å². The molecular formula is C12H21N7O. The Hall–Kier alpha value is -2.12. The predicted octanol–water partition coefficient (Wildman–Crippen LogP) is 0.191. The van der Waals surface area contributed by atoms with E-state index in [0.29, 0.717) is 17.8 Å². The van der Waals surface area contributed by atoms with Crippen LogP contribution in [0.3, 0.4) is 0 Å². The van der Waals surface area contributed by atoms with Crippen molar-refractivity contribution in [1.29, 1.82) is 0 Å². The van der Waals surface area contributed by atoms with E-state index in [0.717, 1.165) is 38.9 Å². The third kappa shape index (κ3) is 3.94. The van der Waals surface area contributed by atoms with Crippen molar-refractivity contribution < 1.29 is 4.79 Å². The van der Waals surface area contributed by atoms with Gasteiger partial charge in [0, 0.05) is 19.6 Å². The first-order chi connectivity index (χ1) is 9.69. The van der Waals surface area contributed by atoms with Gasteiger partial charge < -0.3 is 21.3 Å². The zero-order chi connectivity index (χ0) is 14.4. The number of nitrogens with one attached hydrogen (secondary N) is 2. The van der Waals surface area contributed by atoms with Crippen molar-refractivity contribution in [2.24, 2.45) is 5.73 Å². The Morgan fingerprint density at radius 2 is 1.85 bits per heavy atom. The summed E-state index contributed by atoms with van der Waals surface area (Å²) >= 11 is 0. The lowest BCUT2D eigenvalue weighted by molar-refractivity contribution is -0.116. The topological polar surface area (TPSA) is 109 Å². The third-order valence-electron chi connectivity index (χ3n) is 2.97. The number of hydrogen-bond acceptors (Lipinski definition) is 7. The van der Waals surface area contributed by atoms with Crippen LogP contribution >= 0.6 is 0 Å². The van der Waals surface area contributed by atoms with E-state index in [1.54, 1.807) is 0 Å². The minimum absolute atomic E-state index is 0.0106. The molecule has 20 heavy (non-hydrogen) atoms. The van der Waals surface area contributed by atoms with Gasteiger partial charge in [-0.3, -0.25) is 4.79 Å². The van der Waals surface area contributed by atoms with Gasteiger partial charge in [-0.25, -0.2) is 0 Å². The maximum Gasteiger partial charge on any atom is 0.236 e. The Balaban J connectivity index is 2.16. The van der Waals surface area contributed by atoms with Crippen LogP contribution in [0.5, 0.6) is 0 Å². The van der Waals surface area contributed by atoms with Gasteiger partial charge in [0.25, 0.3) is 0 Å². The van der Waals surface area contributed by atoms with Crippen molar-refractivity contribution >= 4 is 23.8 Å². The lowest BCUT2D eigenvalue weighted by Crippen LogP contribution is -2.25. The summed E-state index contributed by atoms with van der Waals surface area (Å²) in [5.74, 6) is 1.09. The summed E-state index contributed by atoms with van der Waals surface area (Å²) in [7, 11) is 0. The maximum atomic E-state index is 10.8. The SMILES string of the molecule is CCCNc1nc(NCC(N)=O)nc(N2CCCC2)n1. The molecule has 0 spiro atoms. The second-order valence-electron chi connectivity index (χ2n) is 4.72. The highest BCUT2D eigenvalue weighted by Crippen LogP contribution is 2.18. The average molecular weight is 279 g/mol. The fourth-order valence-corrected chi connectivity index (χ4v) is 1.98. The molecule has 1 fully saturated rings. The molecule has 2 heterocycles. The fourth-order valence-electron chi connectivity index (χ4n) is 1.98. The molecule has 4 N–H and O–H groups in total. The number of amides is 1. The molecule has 2 rings (SSSR count). The predicted molar refractivity (Wildman–Crippen MR) is 77.7 cm³/mol. The average Bonchev–Trinajstić information content (AvgIpc) is 2.97. The van der Waals surface area contributed by atoms with Crippen LogP contribution in [-0.2, 0) is 4.79 Å². The molecule has 1 aromatic heterocycles. The van der Waals surface area contributed by atoms with Crippen molar-refractivity contribution in [1.82, 2.24) is 15.0 Å². The molecule has 0 saturated carbocycles. The van der Waals surface area contributed by atoms with E-state index in [1.807, 2.05) is 0 Å². The summed E-state index contributed by atoms with van der Waals surface area (Å²) < 4.78 is 0. The summed E-state index contributed by atoms with van der Waals surface area (Å²) in [4.78, 5) is 25.9. The minimum Gasteiger partial charge on any atom is -0.368 e. The van der Waals surface area contributed by atoms with Crippen LogP contribution < -0.4 is 21.3 Å². The molecule has 0 unspecified atom stereocenters. The Morgan fingerprint density at radius 1 is 1.20 bits per heavy atom. The van der Waals surface area contributed by atoms with Gasteiger partial charge in [-0.15, -0.1) is 0 Å². The van der Waals surface area contributed by atoms with Crippen molar-refractivity contribution in [3.63, 3.8) is 0 Å². The number of carbonyl (C=O) groups excluding carboxylic acids is 1. The Labute approximate surface area is 118 Å². The van der Waals surface area contributed by atoms with Gasteiger partial charge in [0.15, 0.2) is 0 Å². The molecule has 8 heteroatoms. The van der Waals surface area contributed by atoms with Crippen LogP contribution in [0.25, 0.3) is 0 Å². The van der Waals surface area contributed by atoms with Crippen LogP contribution in [0.4, 0.5) is 17.8 Å². The highest BCUT2D eigenvalue weighted by molar-refractivity contribution is 5.78. The molecule has 1 saturated heterocycles. The van der Waals surface area contributed by atoms with Crippen molar-refractivity contribution in [2.75, 3.05) is 41.7 Å². The summed E-state index contributed by atoms with van der Waals surface area (Å²) in [5, 5.41) is 5.96. The van der Waals surface area contributed by atoms with E-state index < -0.39 is 5.91 Å². The summed E-state index contributed by atoms with van der Waals surface area (Å²) in [5.41, 5.74) is 5.12. The largest absolute Gasteiger partial charge is 0.368 e. The zero-order valence-corrected chi connectivity index (χ0v) is 11.7. The van der Waals surface area contributed by atoms with Crippen molar-refractivity contribution in [3.8, 4) is 0 Å². The van der Waals surface area contributed by atoms with E-state index >= 15 is 0 Å². The highest BCUT2D eigenvalue weighted by Gasteiger charge is 2.17. The van der Waals surface area contributed by atoms with E-state index in [-0.39, 0.29) is 6.54 Å². The number of aromatic nitrogens is 3. The van der Waals surface area contributed by atoms with Crippen LogP contribution in [0.15, 0.2) is 0 Å². The monoisotopic (exact) mass is 279 g/mol. The first-order valence-corrected chi connectivity index (χ1v) is 6.96. The van der Waals surface area contributed by atoms with E-state index in [4.69, 9.17) is 5.73 Å². The number of hydrogen-bond donors (Lipinski definition) is 3. The molecular weight excluding hydrogens is 258 g/mol. The lowest BCUT2D eigenvalue weighted by atomic mass is 10.4.